The fraction of sp³-hybridized carbons (Fsp3) is 0.286. The number of amides is 3. The fourth-order valence-corrected chi connectivity index (χ4v) is 5.27. The van der Waals surface area contributed by atoms with E-state index in [1.54, 1.807) is 39.3 Å². The highest BCUT2D eigenvalue weighted by atomic mass is 16.2. The van der Waals surface area contributed by atoms with Gasteiger partial charge in [0.15, 0.2) is 0 Å². The first-order valence-corrected chi connectivity index (χ1v) is 14.4. The van der Waals surface area contributed by atoms with Crippen LogP contribution < -0.4 is 10.7 Å². The molecule has 0 fully saturated rings. The second kappa shape index (κ2) is 14.6. The van der Waals surface area contributed by atoms with E-state index in [1.165, 1.54) is 9.80 Å². The van der Waals surface area contributed by atoms with E-state index in [1.807, 2.05) is 92.0 Å². The monoisotopic (exact) mass is 579 g/mol. The zero-order chi connectivity index (χ0) is 30.9. The normalized spacial score (nSPS) is 12.5. The van der Waals surface area contributed by atoms with E-state index in [-0.39, 0.29) is 17.7 Å². The zero-order valence-corrected chi connectivity index (χ0v) is 25.6. The van der Waals surface area contributed by atoms with Crippen molar-refractivity contribution in [2.75, 3.05) is 35.2 Å². The maximum absolute atomic E-state index is 14.4. The van der Waals surface area contributed by atoms with Crippen LogP contribution in [0.3, 0.4) is 0 Å². The molecule has 0 bridgehead atoms. The van der Waals surface area contributed by atoms with Crippen molar-refractivity contribution in [3.05, 3.63) is 119 Å². The van der Waals surface area contributed by atoms with Crippen molar-refractivity contribution >= 4 is 28.5 Å². The minimum Gasteiger partial charge on any atom is -0.332 e. The summed E-state index contributed by atoms with van der Waals surface area (Å²) in [4.78, 5) is 44.7. The fourth-order valence-electron chi connectivity index (χ4n) is 5.27. The van der Waals surface area contributed by atoms with Gasteiger partial charge in [0, 0.05) is 53.1 Å². The summed E-state index contributed by atoms with van der Waals surface area (Å²) in [6.45, 7) is 0.620. The summed E-state index contributed by atoms with van der Waals surface area (Å²) in [6, 6.07) is 29.5. The number of nitrogens with one attached hydrogen (secondary N) is 2. The predicted octanol–water partition coefficient (Wildman–Crippen LogP) is 3.91. The molecule has 8 heteroatoms. The van der Waals surface area contributed by atoms with Crippen LogP contribution in [0.4, 0.5) is 0 Å². The Kier molecular flexibility index (Phi) is 10.6. The second-order valence-corrected chi connectivity index (χ2v) is 11.1. The van der Waals surface area contributed by atoms with Gasteiger partial charge < -0.3 is 15.1 Å². The standard InChI is InChI=1S/C35H41N5O3/c1-36-24-27-14-11-17-30(21-27)34(42)40(5)32(23-26-18-19-28-15-9-10-16-29(28)20-26)35(43)39(4)31(33(41)37-38(2)3)22-25-12-7-6-8-13-25/h6-21,31-32,36H,22-24H2,1-5H3,(H,37,41)/t31-,32+/m1/s1. The molecule has 0 unspecified atom stereocenters. The van der Waals surface area contributed by atoms with Crippen LogP contribution in [0.15, 0.2) is 97.1 Å². The van der Waals surface area contributed by atoms with Crippen molar-refractivity contribution < 1.29 is 14.4 Å². The molecule has 0 heterocycles. The van der Waals surface area contributed by atoms with Crippen LogP contribution in [0.25, 0.3) is 10.8 Å². The molecule has 0 aliphatic carbocycles. The zero-order valence-electron chi connectivity index (χ0n) is 25.6. The van der Waals surface area contributed by atoms with Gasteiger partial charge in [-0.2, -0.15) is 0 Å². The number of likely N-dealkylation sites (N-methyl/N-ethyl adjacent to an activating group) is 2. The SMILES string of the molecule is CNCc1cccc(C(=O)N(C)[C@@H](Cc2ccc3ccccc3c2)C(=O)N(C)[C@H](Cc2ccccc2)C(=O)NN(C)C)c1. The molecule has 2 N–H and O–H groups in total. The van der Waals surface area contributed by atoms with E-state index >= 15 is 0 Å². The summed E-state index contributed by atoms with van der Waals surface area (Å²) in [6.07, 6.45) is 0.620. The number of hydrazine groups is 1. The molecule has 4 aromatic carbocycles. The summed E-state index contributed by atoms with van der Waals surface area (Å²) in [5.41, 5.74) is 6.14. The third-order valence-corrected chi connectivity index (χ3v) is 7.59. The average molecular weight is 580 g/mol. The van der Waals surface area contributed by atoms with Gasteiger partial charge in [-0.25, -0.2) is 5.01 Å². The van der Waals surface area contributed by atoms with Crippen molar-refractivity contribution in [3.8, 4) is 0 Å². The van der Waals surface area contributed by atoms with Crippen LogP contribution in [-0.4, -0.2) is 79.9 Å². The number of carbonyl (C=O) groups excluding carboxylic acids is 3. The smallest absolute Gasteiger partial charge is 0.257 e. The molecule has 2 atom stereocenters. The van der Waals surface area contributed by atoms with E-state index in [0.717, 1.165) is 27.5 Å². The topological polar surface area (TPSA) is 85.0 Å². The van der Waals surface area contributed by atoms with Crippen molar-refractivity contribution in [2.24, 2.45) is 0 Å². The van der Waals surface area contributed by atoms with Gasteiger partial charge in [-0.3, -0.25) is 19.8 Å². The van der Waals surface area contributed by atoms with E-state index in [9.17, 15) is 14.4 Å². The van der Waals surface area contributed by atoms with Crippen LogP contribution in [-0.2, 0) is 29.0 Å². The van der Waals surface area contributed by atoms with Crippen LogP contribution in [0.1, 0.15) is 27.0 Å². The van der Waals surface area contributed by atoms with Gasteiger partial charge in [0.2, 0.25) is 5.91 Å². The Labute approximate surface area is 254 Å². The highest BCUT2D eigenvalue weighted by Crippen LogP contribution is 2.21. The molecule has 0 saturated carbocycles. The summed E-state index contributed by atoms with van der Waals surface area (Å²) >= 11 is 0. The van der Waals surface area contributed by atoms with Gasteiger partial charge in [0.1, 0.15) is 12.1 Å². The Morgan fingerprint density at radius 1 is 0.651 bits per heavy atom. The van der Waals surface area contributed by atoms with Gasteiger partial charge in [-0.05, 0) is 46.6 Å². The lowest BCUT2D eigenvalue weighted by atomic mass is 9.98. The van der Waals surface area contributed by atoms with Crippen LogP contribution in [0.2, 0.25) is 0 Å². The molecule has 0 radical (unpaired) electrons. The first-order chi connectivity index (χ1) is 20.7. The third-order valence-electron chi connectivity index (χ3n) is 7.59. The van der Waals surface area contributed by atoms with Crippen molar-refractivity contribution in [2.45, 2.75) is 31.5 Å². The van der Waals surface area contributed by atoms with Gasteiger partial charge in [0.05, 0.1) is 0 Å². The Bertz CT molecular complexity index is 1560. The molecule has 0 saturated heterocycles. The largest absolute Gasteiger partial charge is 0.332 e. The van der Waals surface area contributed by atoms with Gasteiger partial charge in [-0.1, -0.05) is 84.9 Å². The van der Waals surface area contributed by atoms with Crippen molar-refractivity contribution in [1.82, 2.24) is 25.6 Å². The van der Waals surface area contributed by atoms with Crippen molar-refractivity contribution in [3.63, 3.8) is 0 Å². The third kappa shape index (κ3) is 8.06. The van der Waals surface area contributed by atoms with Gasteiger partial charge in [0.25, 0.3) is 11.8 Å². The quantitative estimate of drug-likeness (QED) is 0.249. The Morgan fingerprint density at radius 3 is 2.00 bits per heavy atom. The molecule has 0 aromatic heterocycles. The minimum absolute atomic E-state index is 0.261. The lowest BCUT2D eigenvalue weighted by Crippen LogP contribution is -2.57. The minimum atomic E-state index is -0.850. The molecule has 8 nitrogen and oxygen atoms in total. The number of nitrogens with zero attached hydrogens (tertiary/aromatic N) is 3. The number of fused-ring (bicyclic) bond motifs is 1. The molecule has 0 spiro atoms. The van der Waals surface area contributed by atoms with Gasteiger partial charge in [-0.15, -0.1) is 0 Å². The first kappa shape index (κ1) is 31.4. The second-order valence-electron chi connectivity index (χ2n) is 11.1. The molecular weight excluding hydrogens is 538 g/mol. The Hall–Kier alpha value is -4.53. The lowest BCUT2D eigenvalue weighted by Gasteiger charge is -2.35. The Balaban J connectivity index is 1.70. The Morgan fingerprint density at radius 2 is 1.30 bits per heavy atom. The van der Waals surface area contributed by atoms with Crippen LogP contribution in [0.5, 0.6) is 0 Å². The van der Waals surface area contributed by atoms with Crippen molar-refractivity contribution in [1.29, 1.82) is 0 Å². The summed E-state index contributed by atoms with van der Waals surface area (Å²) in [7, 11) is 8.63. The van der Waals surface area contributed by atoms with Gasteiger partial charge >= 0.3 is 0 Å². The summed E-state index contributed by atoms with van der Waals surface area (Å²) < 4.78 is 0. The molecular formula is C35H41N5O3. The highest BCUT2D eigenvalue weighted by Gasteiger charge is 2.35. The first-order valence-electron chi connectivity index (χ1n) is 14.4. The van der Waals surface area contributed by atoms with E-state index in [4.69, 9.17) is 0 Å². The number of hydrogen-bond acceptors (Lipinski definition) is 5. The molecule has 4 rings (SSSR count). The lowest BCUT2D eigenvalue weighted by molar-refractivity contribution is -0.143. The molecule has 4 aromatic rings. The van der Waals surface area contributed by atoms with Crippen LogP contribution in [0, 0.1) is 0 Å². The predicted molar refractivity (Wildman–Crippen MR) is 171 cm³/mol. The summed E-state index contributed by atoms with van der Waals surface area (Å²) in [5.74, 6) is -0.879. The van der Waals surface area contributed by atoms with Crippen LogP contribution >= 0.6 is 0 Å². The molecule has 0 aliphatic rings. The maximum Gasteiger partial charge on any atom is 0.257 e. The maximum atomic E-state index is 14.4. The van der Waals surface area contributed by atoms with E-state index < -0.39 is 12.1 Å². The molecule has 224 valence electrons. The number of carbonyl (C=O) groups is 3. The molecule has 3 amide bonds. The summed E-state index contributed by atoms with van der Waals surface area (Å²) in [5, 5.41) is 6.83. The number of rotatable bonds is 12. The molecule has 43 heavy (non-hydrogen) atoms. The average Bonchev–Trinajstić information content (AvgIpc) is 3.01. The van der Waals surface area contributed by atoms with E-state index in [0.29, 0.717) is 24.9 Å². The van der Waals surface area contributed by atoms with E-state index in [2.05, 4.69) is 16.8 Å². The number of benzene rings is 4. The molecule has 0 aliphatic heterocycles. The number of hydrogen-bond donors (Lipinski definition) is 2. The highest BCUT2D eigenvalue weighted by molar-refractivity contribution is 5.98.